The molecule has 1 aromatic heterocycles. The molecule has 10 nitrogen and oxygen atoms in total. The van der Waals surface area contributed by atoms with Crippen LogP contribution in [0.5, 0.6) is 0 Å². The number of carboxylic acid groups (broad SMARTS) is 1. The van der Waals surface area contributed by atoms with Crippen LogP contribution in [0.15, 0.2) is 35.2 Å². The van der Waals surface area contributed by atoms with Gasteiger partial charge in [0.2, 0.25) is 0 Å². The van der Waals surface area contributed by atoms with E-state index < -0.39 is 20.9 Å². The number of H-pyrrole nitrogens is 1. The van der Waals surface area contributed by atoms with Crippen LogP contribution in [-0.2, 0) is 10.0 Å². The number of aromatic carboxylic acids is 1. The van der Waals surface area contributed by atoms with Gasteiger partial charge in [0, 0.05) is 18.2 Å². The Labute approximate surface area is 117 Å². The van der Waals surface area contributed by atoms with Crippen LogP contribution in [0.4, 0.5) is 11.5 Å². The fourth-order valence-electron chi connectivity index (χ4n) is 1.44. The number of non-ortho nitro benzene ring substituents is 1. The van der Waals surface area contributed by atoms with E-state index in [4.69, 9.17) is 5.11 Å². The number of nitrogens with one attached hydrogen (secondary N) is 2. The van der Waals surface area contributed by atoms with Gasteiger partial charge < -0.3 is 5.11 Å². The second-order valence-corrected chi connectivity index (χ2v) is 5.51. The highest BCUT2D eigenvalue weighted by Gasteiger charge is 2.19. The summed E-state index contributed by atoms with van der Waals surface area (Å²) in [7, 11) is -4.11. The Kier molecular flexibility index (Phi) is 3.58. The average molecular weight is 312 g/mol. The number of rotatable bonds is 5. The number of aromatic nitrogens is 2. The molecule has 0 radical (unpaired) electrons. The van der Waals surface area contributed by atoms with Crippen molar-refractivity contribution in [3.05, 3.63) is 46.1 Å². The highest BCUT2D eigenvalue weighted by Crippen LogP contribution is 2.19. The molecule has 1 heterocycles. The fraction of sp³-hybridized carbons (Fsp3) is 0. The molecular weight excluding hydrogens is 304 g/mol. The SMILES string of the molecule is O=C(O)c1cc(NS(=O)(=O)c2cccc([N+](=O)[O-])c2)n[nH]1. The maximum atomic E-state index is 12.0. The zero-order valence-electron chi connectivity index (χ0n) is 10.2. The van der Waals surface area contributed by atoms with E-state index in [0.29, 0.717) is 0 Å². The maximum Gasteiger partial charge on any atom is 0.353 e. The van der Waals surface area contributed by atoms with Crippen molar-refractivity contribution in [2.45, 2.75) is 4.90 Å². The predicted molar refractivity (Wildman–Crippen MR) is 69.5 cm³/mol. The topological polar surface area (TPSA) is 155 Å². The quantitative estimate of drug-likeness (QED) is 0.545. The van der Waals surface area contributed by atoms with Crippen molar-refractivity contribution in [3.8, 4) is 0 Å². The Hall–Kier alpha value is -2.95. The number of nitro benzene ring substituents is 1. The molecule has 0 saturated heterocycles. The summed E-state index contributed by atoms with van der Waals surface area (Å²) < 4.78 is 26.1. The lowest BCUT2D eigenvalue weighted by molar-refractivity contribution is -0.385. The third-order valence-electron chi connectivity index (χ3n) is 2.39. The summed E-state index contributed by atoms with van der Waals surface area (Å²) in [4.78, 5) is 20.2. The number of carboxylic acids is 1. The van der Waals surface area contributed by atoms with Crippen molar-refractivity contribution >= 4 is 27.5 Å². The summed E-state index contributed by atoms with van der Waals surface area (Å²) in [5, 5.41) is 24.9. The highest BCUT2D eigenvalue weighted by atomic mass is 32.2. The van der Waals surface area contributed by atoms with Gasteiger partial charge in [0.25, 0.3) is 15.7 Å². The smallest absolute Gasteiger partial charge is 0.353 e. The molecule has 0 amide bonds. The van der Waals surface area contributed by atoms with Crippen LogP contribution >= 0.6 is 0 Å². The second kappa shape index (κ2) is 5.20. The number of aromatic amines is 1. The third-order valence-corrected chi connectivity index (χ3v) is 3.74. The standard InChI is InChI=1S/C10H8N4O6S/c15-10(16)8-5-9(12-11-8)13-21(19,20)7-3-1-2-6(4-7)14(17)18/h1-5H,(H,15,16)(H2,11,12,13). The molecule has 1 aromatic carbocycles. The lowest BCUT2D eigenvalue weighted by Gasteiger charge is -2.04. The van der Waals surface area contributed by atoms with Gasteiger partial charge in [0.05, 0.1) is 9.82 Å². The molecule has 0 saturated carbocycles. The van der Waals surface area contributed by atoms with Gasteiger partial charge in [0.1, 0.15) is 5.69 Å². The zero-order chi connectivity index (χ0) is 15.6. The summed E-state index contributed by atoms with van der Waals surface area (Å²) in [6.07, 6.45) is 0. The van der Waals surface area contributed by atoms with Crippen LogP contribution in [0.25, 0.3) is 0 Å². The first-order valence-electron chi connectivity index (χ1n) is 5.35. The van der Waals surface area contributed by atoms with E-state index in [1.165, 1.54) is 12.1 Å². The fourth-order valence-corrected chi connectivity index (χ4v) is 2.48. The van der Waals surface area contributed by atoms with E-state index in [2.05, 4.69) is 10.2 Å². The summed E-state index contributed by atoms with van der Waals surface area (Å²) in [5.74, 6) is -1.54. The minimum Gasteiger partial charge on any atom is -0.477 e. The number of benzene rings is 1. The highest BCUT2D eigenvalue weighted by molar-refractivity contribution is 7.92. The second-order valence-electron chi connectivity index (χ2n) is 3.83. The van der Waals surface area contributed by atoms with E-state index in [1.807, 2.05) is 4.72 Å². The van der Waals surface area contributed by atoms with Crippen molar-refractivity contribution in [2.24, 2.45) is 0 Å². The molecule has 2 rings (SSSR count). The number of sulfonamides is 1. The molecule has 0 aliphatic rings. The Morgan fingerprint density at radius 1 is 1.38 bits per heavy atom. The van der Waals surface area contributed by atoms with Gasteiger partial charge in [-0.25, -0.2) is 13.2 Å². The number of nitro groups is 1. The summed E-state index contributed by atoms with van der Waals surface area (Å²) in [6, 6.07) is 5.40. The molecule has 0 spiro atoms. The van der Waals surface area contributed by atoms with E-state index in [1.54, 1.807) is 0 Å². The molecule has 21 heavy (non-hydrogen) atoms. The van der Waals surface area contributed by atoms with Gasteiger partial charge in [-0.1, -0.05) is 6.07 Å². The van der Waals surface area contributed by atoms with Crippen LogP contribution in [0, 0.1) is 10.1 Å². The van der Waals surface area contributed by atoms with E-state index in [0.717, 1.165) is 18.2 Å². The molecule has 3 N–H and O–H groups in total. The largest absolute Gasteiger partial charge is 0.477 e. The summed E-state index contributed by atoms with van der Waals surface area (Å²) in [6.45, 7) is 0. The maximum absolute atomic E-state index is 12.0. The minimum atomic E-state index is -4.11. The van der Waals surface area contributed by atoms with Crippen molar-refractivity contribution in [2.75, 3.05) is 4.72 Å². The van der Waals surface area contributed by atoms with Crippen LogP contribution in [0.3, 0.4) is 0 Å². The van der Waals surface area contributed by atoms with Crippen molar-refractivity contribution < 1.29 is 23.2 Å². The first-order chi connectivity index (χ1) is 9.79. The molecule has 11 heteroatoms. The molecule has 0 unspecified atom stereocenters. The van der Waals surface area contributed by atoms with Crippen LogP contribution < -0.4 is 4.72 Å². The van der Waals surface area contributed by atoms with Gasteiger partial charge in [0.15, 0.2) is 5.82 Å². The Balaban J connectivity index is 2.31. The molecule has 0 fully saturated rings. The molecule has 0 atom stereocenters. The first kappa shape index (κ1) is 14.5. The number of hydrogen-bond acceptors (Lipinski definition) is 6. The zero-order valence-corrected chi connectivity index (χ0v) is 11.0. The van der Waals surface area contributed by atoms with Crippen LogP contribution in [0.1, 0.15) is 10.5 Å². The molecule has 0 bridgehead atoms. The van der Waals surface area contributed by atoms with Gasteiger partial charge in [-0.15, -0.1) is 0 Å². The lowest BCUT2D eigenvalue weighted by atomic mass is 10.3. The van der Waals surface area contributed by atoms with Gasteiger partial charge in [-0.05, 0) is 6.07 Å². The van der Waals surface area contributed by atoms with Gasteiger partial charge >= 0.3 is 5.97 Å². The third kappa shape index (κ3) is 3.14. The Bertz CT molecular complexity index is 812. The van der Waals surface area contributed by atoms with E-state index in [-0.39, 0.29) is 22.1 Å². The number of hydrogen-bond donors (Lipinski definition) is 3. The number of carbonyl (C=O) groups is 1. The van der Waals surface area contributed by atoms with E-state index in [9.17, 15) is 23.3 Å². The Morgan fingerprint density at radius 2 is 2.10 bits per heavy atom. The van der Waals surface area contributed by atoms with E-state index >= 15 is 0 Å². The molecule has 0 aliphatic carbocycles. The van der Waals surface area contributed by atoms with Crippen molar-refractivity contribution in [3.63, 3.8) is 0 Å². The summed E-state index contributed by atoms with van der Waals surface area (Å²) >= 11 is 0. The molecule has 0 aliphatic heterocycles. The average Bonchev–Trinajstić information content (AvgIpc) is 2.87. The van der Waals surface area contributed by atoms with Gasteiger partial charge in [-0.2, -0.15) is 5.10 Å². The molecule has 2 aromatic rings. The Morgan fingerprint density at radius 3 is 2.67 bits per heavy atom. The predicted octanol–water partition coefficient (Wildman–Crippen LogP) is 0.817. The number of anilines is 1. The molecule has 110 valence electrons. The normalized spacial score (nSPS) is 11.0. The van der Waals surface area contributed by atoms with Crippen molar-refractivity contribution in [1.82, 2.24) is 10.2 Å². The van der Waals surface area contributed by atoms with Gasteiger partial charge in [-0.3, -0.25) is 19.9 Å². The number of nitrogens with zero attached hydrogens (tertiary/aromatic N) is 2. The molecular formula is C10H8N4O6S. The first-order valence-corrected chi connectivity index (χ1v) is 6.84. The monoisotopic (exact) mass is 312 g/mol. The minimum absolute atomic E-state index is 0.237. The van der Waals surface area contributed by atoms with Crippen LogP contribution in [-0.4, -0.2) is 34.6 Å². The summed E-state index contributed by atoms with van der Waals surface area (Å²) in [5.41, 5.74) is -0.683. The lowest BCUT2D eigenvalue weighted by Crippen LogP contribution is -2.13. The van der Waals surface area contributed by atoms with Crippen LogP contribution in [0.2, 0.25) is 0 Å². The van der Waals surface area contributed by atoms with Crippen molar-refractivity contribution in [1.29, 1.82) is 0 Å².